The molecule has 3 heteroatoms. The third-order valence-electron chi connectivity index (χ3n) is 3.76. The Kier molecular flexibility index (Phi) is 3.42. The van der Waals surface area contributed by atoms with Crippen molar-refractivity contribution in [2.75, 3.05) is 11.9 Å². The minimum Gasteiger partial charge on any atom is -0.508 e. The van der Waals surface area contributed by atoms with Crippen LogP contribution < -0.4 is 5.32 Å². The number of ketones is 1. The van der Waals surface area contributed by atoms with Crippen molar-refractivity contribution < 1.29 is 9.90 Å². The van der Waals surface area contributed by atoms with E-state index in [0.717, 1.165) is 29.8 Å². The van der Waals surface area contributed by atoms with Gasteiger partial charge >= 0.3 is 0 Å². The summed E-state index contributed by atoms with van der Waals surface area (Å²) in [4.78, 5) is 12.5. The Balaban J connectivity index is 1.82. The normalized spacial score (nSPS) is 17.1. The van der Waals surface area contributed by atoms with Crippen LogP contribution in [-0.4, -0.2) is 17.4 Å². The van der Waals surface area contributed by atoms with Crippen LogP contribution in [0.4, 0.5) is 5.69 Å². The second-order valence-electron chi connectivity index (χ2n) is 5.17. The number of rotatable bonds is 3. The number of carbonyl (C=O) groups is 1. The molecule has 2 aromatic carbocycles. The molecule has 1 atom stereocenters. The monoisotopic (exact) mass is 267 g/mol. The maximum absolute atomic E-state index is 12.5. The molecular formula is C17H17NO2. The van der Waals surface area contributed by atoms with Crippen molar-refractivity contribution in [3.05, 3.63) is 59.7 Å². The predicted octanol–water partition coefficient (Wildman–Crippen LogP) is 3.10. The summed E-state index contributed by atoms with van der Waals surface area (Å²) >= 11 is 0. The van der Waals surface area contributed by atoms with Gasteiger partial charge in [0.1, 0.15) is 11.5 Å². The van der Waals surface area contributed by atoms with E-state index < -0.39 is 0 Å². The number of para-hydroxylation sites is 1. The predicted molar refractivity (Wildman–Crippen MR) is 79.1 cm³/mol. The first-order valence-electron chi connectivity index (χ1n) is 6.87. The van der Waals surface area contributed by atoms with Crippen molar-refractivity contribution in [1.29, 1.82) is 0 Å². The van der Waals surface area contributed by atoms with Gasteiger partial charge in [0.25, 0.3) is 0 Å². The van der Waals surface area contributed by atoms with Crippen LogP contribution in [0.3, 0.4) is 0 Å². The van der Waals surface area contributed by atoms with Gasteiger partial charge in [0.2, 0.25) is 0 Å². The van der Waals surface area contributed by atoms with Gasteiger partial charge in [-0.1, -0.05) is 30.3 Å². The molecule has 1 aliphatic rings. The van der Waals surface area contributed by atoms with Crippen molar-refractivity contribution in [1.82, 2.24) is 0 Å². The molecule has 0 aliphatic carbocycles. The van der Waals surface area contributed by atoms with Gasteiger partial charge in [-0.25, -0.2) is 0 Å². The van der Waals surface area contributed by atoms with Gasteiger partial charge in [0.05, 0.1) is 0 Å². The highest BCUT2D eigenvalue weighted by atomic mass is 16.3. The van der Waals surface area contributed by atoms with E-state index in [4.69, 9.17) is 0 Å². The number of hydrogen-bond donors (Lipinski definition) is 2. The number of Topliss-reactive ketones (excluding diaryl/α,β-unsaturated/α-hetero) is 1. The van der Waals surface area contributed by atoms with Gasteiger partial charge in [0, 0.05) is 24.6 Å². The third-order valence-corrected chi connectivity index (χ3v) is 3.76. The van der Waals surface area contributed by atoms with Gasteiger partial charge in [-0.15, -0.1) is 0 Å². The van der Waals surface area contributed by atoms with Crippen LogP contribution in [0.15, 0.2) is 48.5 Å². The fourth-order valence-electron chi connectivity index (χ4n) is 2.79. The SMILES string of the molecule is O=C(Cc1cccc(O)c1)C1CCNc2ccccc21. The molecule has 0 bridgehead atoms. The highest BCUT2D eigenvalue weighted by Gasteiger charge is 2.25. The van der Waals surface area contributed by atoms with Gasteiger partial charge in [-0.2, -0.15) is 0 Å². The first-order chi connectivity index (χ1) is 9.74. The lowest BCUT2D eigenvalue weighted by molar-refractivity contribution is -0.120. The molecule has 20 heavy (non-hydrogen) atoms. The molecule has 0 saturated heterocycles. The number of nitrogens with one attached hydrogen (secondary N) is 1. The molecule has 2 aromatic rings. The summed E-state index contributed by atoms with van der Waals surface area (Å²) in [5.41, 5.74) is 3.02. The van der Waals surface area contributed by atoms with Crippen molar-refractivity contribution in [3.63, 3.8) is 0 Å². The van der Waals surface area contributed by atoms with Crippen LogP contribution in [0.2, 0.25) is 0 Å². The van der Waals surface area contributed by atoms with Crippen LogP contribution in [0.5, 0.6) is 5.75 Å². The number of aromatic hydroxyl groups is 1. The zero-order valence-corrected chi connectivity index (χ0v) is 11.2. The fraction of sp³-hybridized carbons (Fsp3) is 0.235. The second kappa shape index (κ2) is 5.37. The maximum Gasteiger partial charge on any atom is 0.144 e. The van der Waals surface area contributed by atoms with E-state index in [0.29, 0.717) is 6.42 Å². The molecule has 3 rings (SSSR count). The molecule has 0 amide bonds. The van der Waals surface area contributed by atoms with E-state index in [1.807, 2.05) is 30.3 Å². The van der Waals surface area contributed by atoms with Gasteiger partial charge < -0.3 is 10.4 Å². The van der Waals surface area contributed by atoms with Gasteiger partial charge in [-0.05, 0) is 35.7 Å². The zero-order chi connectivity index (χ0) is 13.9. The fourth-order valence-corrected chi connectivity index (χ4v) is 2.79. The number of benzene rings is 2. The molecule has 0 spiro atoms. The van der Waals surface area contributed by atoms with Gasteiger partial charge in [0.15, 0.2) is 0 Å². The smallest absolute Gasteiger partial charge is 0.144 e. The standard InChI is InChI=1S/C17H17NO2/c19-13-5-3-4-12(10-13)11-17(20)15-8-9-18-16-7-2-1-6-14(15)16/h1-7,10,15,18-19H,8-9,11H2. The first kappa shape index (κ1) is 12.7. The largest absolute Gasteiger partial charge is 0.508 e. The Morgan fingerprint density at radius 2 is 2.05 bits per heavy atom. The Bertz CT molecular complexity index is 636. The minimum atomic E-state index is -0.0465. The number of fused-ring (bicyclic) bond motifs is 1. The van der Waals surface area contributed by atoms with Crippen molar-refractivity contribution in [2.24, 2.45) is 0 Å². The Morgan fingerprint density at radius 1 is 1.20 bits per heavy atom. The first-order valence-corrected chi connectivity index (χ1v) is 6.87. The summed E-state index contributed by atoms with van der Waals surface area (Å²) in [6.45, 7) is 0.827. The number of carbonyl (C=O) groups excluding carboxylic acids is 1. The molecule has 3 nitrogen and oxygen atoms in total. The maximum atomic E-state index is 12.5. The van der Waals surface area contributed by atoms with E-state index in [9.17, 15) is 9.90 Å². The lowest BCUT2D eigenvalue weighted by atomic mass is 9.85. The molecule has 1 aliphatic heterocycles. The van der Waals surface area contributed by atoms with Crippen molar-refractivity contribution >= 4 is 11.5 Å². The quantitative estimate of drug-likeness (QED) is 0.898. The van der Waals surface area contributed by atoms with E-state index in [2.05, 4.69) is 5.32 Å². The summed E-state index contributed by atoms with van der Waals surface area (Å²) in [6, 6.07) is 14.9. The summed E-state index contributed by atoms with van der Waals surface area (Å²) in [7, 11) is 0. The topological polar surface area (TPSA) is 49.3 Å². The molecule has 0 radical (unpaired) electrons. The average molecular weight is 267 g/mol. The van der Waals surface area contributed by atoms with Crippen LogP contribution in [0.25, 0.3) is 0 Å². The summed E-state index contributed by atoms with van der Waals surface area (Å²) in [5, 5.41) is 12.8. The lowest BCUT2D eigenvalue weighted by Gasteiger charge is -2.25. The van der Waals surface area contributed by atoms with E-state index in [1.165, 1.54) is 0 Å². The number of phenolic OH excluding ortho intramolecular Hbond substituents is 1. The highest BCUT2D eigenvalue weighted by Crippen LogP contribution is 2.32. The van der Waals surface area contributed by atoms with E-state index >= 15 is 0 Å². The Labute approximate surface area is 118 Å². The highest BCUT2D eigenvalue weighted by molar-refractivity contribution is 5.89. The Hall–Kier alpha value is -2.29. The number of phenols is 1. The minimum absolute atomic E-state index is 0.0465. The lowest BCUT2D eigenvalue weighted by Crippen LogP contribution is -2.24. The molecule has 0 saturated carbocycles. The summed E-state index contributed by atoms with van der Waals surface area (Å²) in [5.74, 6) is 0.375. The summed E-state index contributed by atoms with van der Waals surface area (Å²) in [6.07, 6.45) is 1.20. The molecule has 0 aromatic heterocycles. The molecule has 1 unspecified atom stereocenters. The average Bonchev–Trinajstić information content (AvgIpc) is 2.46. The summed E-state index contributed by atoms with van der Waals surface area (Å²) < 4.78 is 0. The number of hydrogen-bond acceptors (Lipinski definition) is 3. The van der Waals surface area contributed by atoms with Crippen molar-refractivity contribution in [2.45, 2.75) is 18.8 Å². The van der Waals surface area contributed by atoms with Gasteiger partial charge in [-0.3, -0.25) is 4.79 Å². The molecular weight excluding hydrogens is 250 g/mol. The molecule has 1 heterocycles. The van der Waals surface area contributed by atoms with Crippen molar-refractivity contribution in [3.8, 4) is 5.75 Å². The molecule has 0 fully saturated rings. The van der Waals surface area contributed by atoms with Crippen LogP contribution in [0.1, 0.15) is 23.5 Å². The van der Waals surface area contributed by atoms with Crippen LogP contribution in [-0.2, 0) is 11.2 Å². The molecule has 2 N–H and O–H groups in total. The second-order valence-corrected chi connectivity index (χ2v) is 5.17. The van der Waals surface area contributed by atoms with Crippen LogP contribution in [0, 0.1) is 0 Å². The third kappa shape index (κ3) is 2.52. The van der Waals surface area contributed by atoms with E-state index in [1.54, 1.807) is 18.2 Å². The zero-order valence-electron chi connectivity index (χ0n) is 11.2. The molecule has 102 valence electrons. The van der Waals surface area contributed by atoms with E-state index in [-0.39, 0.29) is 17.5 Å². The number of anilines is 1. The van der Waals surface area contributed by atoms with Crippen LogP contribution >= 0.6 is 0 Å². The Morgan fingerprint density at radius 3 is 2.90 bits per heavy atom.